The average molecular weight is 164 g/mol. The third kappa shape index (κ3) is 1.39. The predicted molar refractivity (Wildman–Crippen MR) is 49.4 cm³/mol. The van der Waals surface area contributed by atoms with E-state index in [9.17, 15) is 4.79 Å². The van der Waals surface area contributed by atoms with Gasteiger partial charge >= 0.3 is 0 Å². The Balaban J connectivity index is 0.000000336. The SMILES string of the molecule is CC.O=c1cc[nH]n2cccc12. The van der Waals surface area contributed by atoms with Crippen LogP contribution < -0.4 is 5.43 Å². The fourth-order valence-electron chi connectivity index (χ4n) is 0.973. The predicted octanol–water partition coefficient (Wildman–Crippen LogP) is 1.65. The first-order valence-corrected chi connectivity index (χ1v) is 4.03. The van der Waals surface area contributed by atoms with Crippen LogP contribution in [0.15, 0.2) is 35.4 Å². The Morgan fingerprint density at radius 1 is 1.33 bits per heavy atom. The number of nitrogens with one attached hydrogen (secondary N) is 1. The van der Waals surface area contributed by atoms with Crippen LogP contribution in [0.4, 0.5) is 0 Å². The number of hydrogen-bond acceptors (Lipinski definition) is 1. The number of aromatic nitrogens is 2. The van der Waals surface area contributed by atoms with Gasteiger partial charge in [-0.25, -0.2) is 0 Å². The van der Waals surface area contributed by atoms with E-state index >= 15 is 0 Å². The Bertz CT molecular complexity index is 400. The molecule has 0 fully saturated rings. The van der Waals surface area contributed by atoms with Gasteiger partial charge < -0.3 is 5.10 Å². The maximum atomic E-state index is 11.0. The zero-order chi connectivity index (χ0) is 8.97. The summed E-state index contributed by atoms with van der Waals surface area (Å²) in [5.41, 5.74) is 0.728. The average Bonchev–Trinajstić information content (AvgIpc) is 2.57. The van der Waals surface area contributed by atoms with Crippen LogP contribution in [0, 0.1) is 0 Å². The Labute approximate surface area is 70.6 Å². The number of fused-ring (bicyclic) bond motifs is 1. The van der Waals surface area contributed by atoms with Gasteiger partial charge in [0.1, 0.15) is 5.52 Å². The first kappa shape index (κ1) is 8.59. The van der Waals surface area contributed by atoms with Gasteiger partial charge in [0.15, 0.2) is 0 Å². The molecule has 0 aliphatic carbocycles. The Morgan fingerprint density at radius 3 is 2.75 bits per heavy atom. The van der Waals surface area contributed by atoms with Crippen LogP contribution in [-0.4, -0.2) is 9.61 Å². The van der Waals surface area contributed by atoms with Crippen LogP contribution in [0.5, 0.6) is 0 Å². The fourth-order valence-corrected chi connectivity index (χ4v) is 0.973. The highest BCUT2D eigenvalue weighted by Gasteiger charge is 1.92. The summed E-state index contributed by atoms with van der Waals surface area (Å²) in [6, 6.07) is 5.11. The summed E-state index contributed by atoms with van der Waals surface area (Å²) < 4.78 is 1.68. The van der Waals surface area contributed by atoms with E-state index in [-0.39, 0.29) is 5.43 Å². The first-order chi connectivity index (χ1) is 5.88. The molecule has 1 N–H and O–H groups in total. The zero-order valence-corrected chi connectivity index (χ0v) is 7.24. The highest BCUT2D eigenvalue weighted by molar-refractivity contribution is 5.44. The van der Waals surface area contributed by atoms with Crippen LogP contribution in [-0.2, 0) is 0 Å². The molecule has 64 valence electrons. The monoisotopic (exact) mass is 164 g/mol. The minimum Gasteiger partial charge on any atom is -0.301 e. The van der Waals surface area contributed by atoms with Crippen LogP contribution in [0.1, 0.15) is 13.8 Å². The van der Waals surface area contributed by atoms with Crippen molar-refractivity contribution in [2.45, 2.75) is 13.8 Å². The summed E-state index contributed by atoms with van der Waals surface area (Å²) in [5, 5.41) is 2.89. The van der Waals surface area contributed by atoms with Crippen molar-refractivity contribution >= 4 is 5.52 Å². The maximum Gasteiger partial charge on any atom is 0.205 e. The molecular weight excluding hydrogens is 152 g/mol. The molecule has 0 spiro atoms. The van der Waals surface area contributed by atoms with E-state index in [4.69, 9.17) is 0 Å². The second-order valence-electron chi connectivity index (χ2n) is 2.09. The highest BCUT2D eigenvalue weighted by atomic mass is 16.1. The molecular formula is C9H12N2O. The van der Waals surface area contributed by atoms with Gasteiger partial charge in [-0.3, -0.25) is 9.31 Å². The van der Waals surface area contributed by atoms with Gasteiger partial charge in [0, 0.05) is 18.5 Å². The fraction of sp³-hybridized carbons (Fsp3) is 0.222. The minimum atomic E-state index is 0.0451. The van der Waals surface area contributed by atoms with E-state index in [1.165, 1.54) is 6.07 Å². The lowest BCUT2D eigenvalue weighted by Gasteiger charge is -1.89. The van der Waals surface area contributed by atoms with Gasteiger partial charge in [0.05, 0.1) is 0 Å². The van der Waals surface area contributed by atoms with Gasteiger partial charge in [-0.15, -0.1) is 0 Å². The Hall–Kier alpha value is -1.51. The molecule has 0 radical (unpaired) electrons. The van der Waals surface area contributed by atoms with E-state index in [0.29, 0.717) is 5.52 Å². The lowest BCUT2D eigenvalue weighted by molar-refractivity contribution is 0.935. The lowest BCUT2D eigenvalue weighted by atomic mass is 10.4. The van der Waals surface area contributed by atoms with Crippen molar-refractivity contribution in [3.63, 3.8) is 0 Å². The molecule has 0 amide bonds. The molecule has 2 rings (SSSR count). The summed E-state index contributed by atoms with van der Waals surface area (Å²) in [6.45, 7) is 4.00. The van der Waals surface area contributed by atoms with Crippen LogP contribution in [0.25, 0.3) is 5.52 Å². The molecule has 0 unspecified atom stereocenters. The Kier molecular flexibility index (Phi) is 2.69. The molecule has 0 aromatic carbocycles. The molecule has 0 saturated heterocycles. The van der Waals surface area contributed by atoms with Gasteiger partial charge in [0.2, 0.25) is 5.43 Å². The molecule has 3 nitrogen and oxygen atoms in total. The van der Waals surface area contributed by atoms with Crippen molar-refractivity contribution < 1.29 is 0 Å². The van der Waals surface area contributed by atoms with Gasteiger partial charge in [0.25, 0.3) is 0 Å². The van der Waals surface area contributed by atoms with Crippen molar-refractivity contribution in [3.05, 3.63) is 40.8 Å². The van der Waals surface area contributed by atoms with E-state index < -0.39 is 0 Å². The van der Waals surface area contributed by atoms with E-state index in [0.717, 1.165) is 0 Å². The first-order valence-electron chi connectivity index (χ1n) is 4.03. The number of nitrogens with zero attached hydrogens (tertiary/aromatic N) is 1. The van der Waals surface area contributed by atoms with E-state index in [2.05, 4.69) is 5.10 Å². The van der Waals surface area contributed by atoms with Gasteiger partial charge in [-0.05, 0) is 12.1 Å². The van der Waals surface area contributed by atoms with Crippen LogP contribution in [0.3, 0.4) is 0 Å². The van der Waals surface area contributed by atoms with Crippen molar-refractivity contribution in [1.82, 2.24) is 9.61 Å². The zero-order valence-electron chi connectivity index (χ0n) is 7.24. The minimum absolute atomic E-state index is 0.0451. The quantitative estimate of drug-likeness (QED) is 0.631. The van der Waals surface area contributed by atoms with E-state index in [1.807, 2.05) is 19.9 Å². The molecule has 0 aliphatic rings. The summed E-state index contributed by atoms with van der Waals surface area (Å²) in [4.78, 5) is 11.0. The molecule has 0 bridgehead atoms. The number of rotatable bonds is 0. The Morgan fingerprint density at radius 2 is 2.08 bits per heavy atom. The lowest BCUT2D eigenvalue weighted by Crippen LogP contribution is -2.03. The maximum absolute atomic E-state index is 11.0. The van der Waals surface area contributed by atoms with Crippen molar-refractivity contribution in [2.75, 3.05) is 0 Å². The molecule has 12 heavy (non-hydrogen) atoms. The molecule has 2 heterocycles. The van der Waals surface area contributed by atoms with Crippen molar-refractivity contribution in [2.24, 2.45) is 0 Å². The normalized spacial score (nSPS) is 9.17. The topological polar surface area (TPSA) is 37.3 Å². The number of hydrogen-bond donors (Lipinski definition) is 1. The van der Waals surface area contributed by atoms with Crippen LogP contribution >= 0.6 is 0 Å². The molecule has 0 aliphatic heterocycles. The van der Waals surface area contributed by atoms with Gasteiger partial charge in [-0.1, -0.05) is 13.8 Å². The molecule has 2 aromatic rings. The van der Waals surface area contributed by atoms with Crippen molar-refractivity contribution in [3.8, 4) is 0 Å². The third-order valence-corrected chi connectivity index (χ3v) is 1.45. The standard InChI is InChI=1S/C7H6N2O.C2H6/c10-7-3-4-8-9-5-1-2-6(7)9;1-2/h1-5,8H;1-2H3. The summed E-state index contributed by atoms with van der Waals surface area (Å²) >= 11 is 0. The number of H-pyrrole nitrogens is 1. The smallest absolute Gasteiger partial charge is 0.205 e. The van der Waals surface area contributed by atoms with Gasteiger partial charge in [-0.2, -0.15) is 0 Å². The number of aromatic amines is 1. The molecule has 0 atom stereocenters. The second kappa shape index (κ2) is 3.76. The third-order valence-electron chi connectivity index (χ3n) is 1.45. The second-order valence-corrected chi connectivity index (χ2v) is 2.09. The van der Waals surface area contributed by atoms with Crippen LogP contribution in [0.2, 0.25) is 0 Å². The summed E-state index contributed by atoms with van der Waals surface area (Å²) in [7, 11) is 0. The summed E-state index contributed by atoms with van der Waals surface area (Å²) in [5.74, 6) is 0. The largest absolute Gasteiger partial charge is 0.301 e. The summed E-state index contributed by atoms with van der Waals surface area (Å²) in [6.07, 6.45) is 3.42. The highest BCUT2D eigenvalue weighted by Crippen LogP contribution is 1.92. The molecule has 0 saturated carbocycles. The molecule has 3 heteroatoms. The van der Waals surface area contributed by atoms with Crippen molar-refractivity contribution in [1.29, 1.82) is 0 Å². The molecule has 2 aromatic heterocycles. The van der Waals surface area contributed by atoms with E-state index in [1.54, 1.807) is 23.0 Å².